The van der Waals surface area contributed by atoms with Crippen LogP contribution in [-0.4, -0.2) is 6.29 Å². The summed E-state index contributed by atoms with van der Waals surface area (Å²) in [6.07, 6.45) is 2.55. The lowest BCUT2D eigenvalue weighted by Crippen LogP contribution is -1.46. The van der Waals surface area contributed by atoms with E-state index in [0.29, 0.717) is 0 Å². The van der Waals surface area contributed by atoms with E-state index in [1.165, 1.54) is 6.29 Å². The van der Waals surface area contributed by atoms with Gasteiger partial charge in [0.15, 0.2) is 0 Å². The van der Waals surface area contributed by atoms with Crippen molar-refractivity contribution in [2.75, 3.05) is 0 Å². The SMILES string of the molecule is C=C=C[C]=O. The zero-order valence-electron chi connectivity index (χ0n) is 2.69. The molecule has 0 aromatic rings. The number of rotatable bonds is 1. The minimum atomic E-state index is 1.08. The van der Waals surface area contributed by atoms with Crippen molar-refractivity contribution in [1.29, 1.82) is 0 Å². The number of allylic oxidation sites excluding steroid dienone is 1. The van der Waals surface area contributed by atoms with E-state index < -0.39 is 0 Å². The Morgan fingerprint density at radius 2 is 2.40 bits per heavy atom. The summed E-state index contributed by atoms with van der Waals surface area (Å²) in [5, 5.41) is 0. The second-order valence-corrected chi connectivity index (χ2v) is 0.466. The smallest absolute Gasteiger partial charge is 0.233 e. The van der Waals surface area contributed by atoms with Gasteiger partial charge in [-0.05, 0) is 0 Å². The molecule has 0 unspecified atom stereocenters. The Balaban J connectivity index is 3.31. The summed E-state index contributed by atoms with van der Waals surface area (Å²) in [5.41, 5.74) is 2.22. The van der Waals surface area contributed by atoms with E-state index in [-0.39, 0.29) is 0 Å². The molecule has 0 atom stereocenters. The molecule has 1 nitrogen and oxygen atoms in total. The highest BCUT2D eigenvalue weighted by molar-refractivity contribution is 5.64. The van der Waals surface area contributed by atoms with Crippen molar-refractivity contribution < 1.29 is 4.79 Å². The van der Waals surface area contributed by atoms with Crippen LogP contribution in [0.1, 0.15) is 0 Å². The first-order valence-corrected chi connectivity index (χ1v) is 1.14. The highest BCUT2D eigenvalue weighted by Gasteiger charge is 1.47. The third-order valence-electron chi connectivity index (χ3n) is 0.161. The van der Waals surface area contributed by atoms with Crippen LogP contribution in [0, 0.1) is 0 Å². The minimum Gasteiger partial charge on any atom is -0.285 e. The van der Waals surface area contributed by atoms with Gasteiger partial charge in [-0.1, -0.05) is 6.58 Å². The maximum atomic E-state index is 9.12. The van der Waals surface area contributed by atoms with Gasteiger partial charge in [0.05, 0.1) is 0 Å². The summed E-state index contributed by atoms with van der Waals surface area (Å²) in [6, 6.07) is 0. The molecule has 0 N–H and O–H groups in total. The Morgan fingerprint density at radius 1 is 1.80 bits per heavy atom. The van der Waals surface area contributed by atoms with Crippen LogP contribution in [0.5, 0.6) is 0 Å². The fourth-order valence-electron chi connectivity index (χ4n) is 0.0417. The van der Waals surface area contributed by atoms with Gasteiger partial charge in [0.2, 0.25) is 6.29 Å². The fraction of sp³-hybridized carbons (Fsp3) is 0. The molecule has 25 valence electrons. The third kappa shape index (κ3) is 3.19. The van der Waals surface area contributed by atoms with Gasteiger partial charge in [-0.3, -0.25) is 4.79 Å². The van der Waals surface area contributed by atoms with Crippen molar-refractivity contribution in [3.8, 4) is 0 Å². The molecule has 0 heterocycles. The number of carbonyl (C=O) groups excluding carboxylic acids is 1. The van der Waals surface area contributed by atoms with Crippen LogP contribution in [0.25, 0.3) is 0 Å². The Labute approximate surface area is 30.6 Å². The zero-order valence-corrected chi connectivity index (χ0v) is 2.69. The molecular weight excluding hydrogens is 64.0 g/mol. The highest BCUT2D eigenvalue weighted by Crippen LogP contribution is 1.44. The first kappa shape index (κ1) is 4.19. The zero-order chi connectivity index (χ0) is 4.12. The molecule has 0 aliphatic rings. The summed E-state index contributed by atoms with van der Waals surface area (Å²) in [6.45, 7) is 3.11. The fourth-order valence-corrected chi connectivity index (χ4v) is 0.0417. The Bertz CT molecular complexity index is 67.7. The average Bonchev–Trinajstić information content (AvgIpc) is 1.41. The largest absolute Gasteiger partial charge is 0.285 e. The van der Waals surface area contributed by atoms with Gasteiger partial charge in [-0.15, -0.1) is 5.73 Å². The quantitative estimate of drug-likeness (QED) is 0.321. The van der Waals surface area contributed by atoms with Gasteiger partial charge < -0.3 is 0 Å². The lowest BCUT2D eigenvalue weighted by atomic mass is 10.7. The normalized spacial score (nSPS) is 4.80. The van der Waals surface area contributed by atoms with Crippen LogP contribution >= 0.6 is 0 Å². The first-order chi connectivity index (χ1) is 2.41. The monoisotopic (exact) mass is 67.0 g/mol. The van der Waals surface area contributed by atoms with Gasteiger partial charge >= 0.3 is 0 Å². The topological polar surface area (TPSA) is 17.1 Å². The molecular formula is C4H3O. The Hall–Kier alpha value is -0.810. The molecule has 0 aromatic heterocycles. The van der Waals surface area contributed by atoms with Crippen molar-refractivity contribution in [2.24, 2.45) is 0 Å². The molecule has 0 amide bonds. The van der Waals surface area contributed by atoms with Gasteiger partial charge in [0.1, 0.15) is 0 Å². The predicted molar refractivity (Wildman–Crippen MR) is 19.4 cm³/mol. The van der Waals surface area contributed by atoms with E-state index in [4.69, 9.17) is 4.79 Å². The molecule has 0 aromatic carbocycles. The van der Waals surface area contributed by atoms with E-state index in [0.717, 1.165) is 6.08 Å². The highest BCUT2D eigenvalue weighted by atomic mass is 16.1. The summed E-state index contributed by atoms with van der Waals surface area (Å²) in [5.74, 6) is 0. The maximum absolute atomic E-state index is 9.12. The van der Waals surface area contributed by atoms with Gasteiger partial charge in [-0.2, -0.15) is 0 Å². The molecule has 0 spiro atoms. The van der Waals surface area contributed by atoms with E-state index in [1.54, 1.807) is 0 Å². The molecule has 0 saturated carbocycles. The molecule has 1 radical (unpaired) electrons. The van der Waals surface area contributed by atoms with Crippen molar-refractivity contribution in [2.45, 2.75) is 0 Å². The van der Waals surface area contributed by atoms with Crippen LogP contribution < -0.4 is 0 Å². The second-order valence-electron chi connectivity index (χ2n) is 0.466. The van der Waals surface area contributed by atoms with Crippen LogP contribution in [0.15, 0.2) is 18.4 Å². The minimum absolute atomic E-state index is 1.08. The molecule has 0 fully saturated rings. The average molecular weight is 67.1 g/mol. The van der Waals surface area contributed by atoms with Gasteiger partial charge in [0.25, 0.3) is 0 Å². The maximum Gasteiger partial charge on any atom is 0.233 e. The van der Waals surface area contributed by atoms with Crippen LogP contribution in [0.2, 0.25) is 0 Å². The Morgan fingerprint density at radius 3 is 2.40 bits per heavy atom. The summed E-state index contributed by atoms with van der Waals surface area (Å²) in [4.78, 5) is 9.12. The predicted octanol–water partition coefficient (Wildman–Crippen LogP) is 0.437. The molecule has 0 aliphatic carbocycles. The molecule has 5 heavy (non-hydrogen) atoms. The van der Waals surface area contributed by atoms with E-state index >= 15 is 0 Å². The summed E-state index contributed by atoms with van der Waals surface area (Å²) < 4.78 is 0. The second kappa shape index (κ2) is 3.19. The standard InChI is InChI=1S/C4H3O/c1-2-3-4-5/h3H,1H2. The van der Waals surface area contributed by atoms with Crippen LogP contribution in [0.4, 0.5) is 0 Å². The van der Waals surface area contributed by atoms with Crippen molar-refractivity contribution >= 4 is 6.29 Å². The van der Waals surface area contributed by atoms with E-state index in [1.807, 2.05) is 0 Å². The molecule has 1 heteroatoms. The number of hydrogen-bond acceptors (Lipinski definition) is 1. The van der Waals surface area contributed by atoms with Crippen molar-refractivity contribution in [3.05, 3.63) is 18.4 Å². The summed E-state index contributed by atoms with van der Waals surface area (Å²) >= 11 is 0. The van der Waals surface area contributed by atoms with Crippen LogP contribution in [0.3, 0.4) is 0 Å². The van der Waals surface area contributed by atoms with E-state index in [2.05, 4.69) is 12.3 Å². The van der Waals surface area contributed by atoms with Crippen molar-refractivity contribution in [3.63, 3.8) is 0 Å². The molecule has 0 aliphatic heterocycles. The summed E-state index contributed by atoms with van der Waals surface area (Å²) in [7, 11) is 0. The lowest BCUT2D eigenvalue weighted by molar-refractivity contribution is 0.564. The van der Waals surface area contributed by atoms with Crippen LogP contribution in [-0.2, 0) is 4.79 Å². The third-order valence-corrected chi connectivity index (χ3v) is 0.161. The van der Waals surface area contributed by atoms with E-state index in [9.17, 15) is 0 Å². The van der Waals surface area contributed by atoms with Crippen molar-refractivity contribution in [1.82, 2.24) is 0 Å². The molecule has 0 saturated heterocycles. The van der Waals surface area contributed by atoms with Gasteiger partial charge in [-0.25, -0.2) is 0 Å². The Kier molecular flexibility index (Phi) is 2.67. The first-order valence-electron chi connectivity index (χ1n) is 1.14. The molecule has 0 rings (SSSR count). The molecule has 0 bridgehead atoms. The lowest BCUT2D eigenvalue weighted by Gasteiger charge is -1.39. The number of hydrogen-bond donors (Lipinski definition) is 0. The van der Waals surface area contributed by atoms with Gasteiger partial charge in [0, 0.05) is 6.08 Å².